The number of carbonyl (C=O) groups excluding carboxylic acids is 2. The topological polar surface area (TPSA) is 72.2 Å². The largest absolute Gasteiger partial charge is 0.368 e. The normalized spacial score (nSPS) is 15.2. The lowest BCUT2D eigenvalue weighted by atomic mass is 9.93. The monoisotopic (exact) mass is 322 g/mol. The molecule has 0 aliphatic heterocycles. The number of rotatable bonds is 5. The smallest absolute Gasteiger partial charge is 0.240 e. The minimum atomic E-state index is -0.651. The first-order chi connectivity index (χ1) is 11.5. The molecule has 0 aromatic heterocycles. The van der Waals surface area contributed by atoms with Gasteiger partial charge < -0.3 is 11.1 Å². The summed E-state index contributed by atoms with van der Waals surface area (Å²) in [5.74, 6) is -1.06. The summed E-state index contributed by atoms with van der Waals surface area (Å²) in [6.07, 6.45) is 0.770. The van der Waals surface area contributed by atoms with Crippen molar-refractivity contribution in [2.45, 2.75) is 32.2 Å². The maximum Gasteiger partial charge on any atom is 0.240 e. The third kappa shape index (κ3) is 2.68. The molecule has 2 aromatic rings. The van der Waals surface area contributed by atoms with Crippen LogP contribution in [0.5, 0.6) is 0 Å². The van der Waals surface area contributed by atoms with Crippen LogP contribution in [0, 0.1) is 5.92 Å². The van der Waals surface area contributed by atoms with Crippen molar-refractivity contribution >= 4 is 11.8 Å². The molecule has 4 nitrogen and oxygen atoms in total. The van der Waals surface area contributed by atoms with Crippen LogP contribution in [0.4, 0.5) is 0 Å². The molecule has 24 heavy (non-hydrogen) atoms. The van der Waals surface area contributed by atoms with Crippen LogP contribution in [0.25, 0.3) is 11.1 Å². The molecule has 0 saturated carbocycles. The maximum atomic E-state index is 13.0. The van der Waals surface area contributed by atoms with Crippen LogP contribution in [-0.2, 0) is 9.59 Å². The van der Waals surface area contributed by atoms with Crippen LogP contribution in [0.2, 0.25) is 0 Å². The van der Waals surface area contributed by atoms with Crippen molar-refractivity contribution in [1.82, 2.24) is 5.32 Å². The number of primary amides is 1. The van der Waals surface area contributed by atoms with E-state index in [2.05, 4.69) is 5.32 Å². The highest BCUT2D eigenvalue weighted by Gasteiger charge is 2.35. The number of carbonyl (C=O) groups is 2. The summed E-state index contributed by atoms with van der Waals surface area (Å²) < 4.78 is 0. The predicted molar refractivity (Wildman–Crippen MR) is 94.3 cm³/mol. The zero-order valence-corrected chi connectivity index (χ0v) is 14.0. The zero-order valence-electron chi connectivity index (χ0n) is 14.0. The summed E-state index contributed by atoms with van der Waals surface area (Å²) in [6, 6.07) is 15.2. The fraction of sp³-hybridized carbons (Fsp3) is 0.300. The Balaban J connectivity index is 1.97. The van der Waals surface area contributed by atoms with Crippen molar-refractivity contribution in [2.75, 3.05) is 0 Å². The van der Waals surface area contributed by atoms with E-state index in [1.165, 1.54) is 0 Å². The third-order valence-corrected chi connectivity index (χ3v) is 4.91. The number of nitrogens with one attached hydrogen (secondary N) is 1. The van der Waals surface area contributed by atoms with Crippen LogP contribution in [0.3, 0.4) is 0 Å². The molecular weight excluding hydrogens is 300 g/mol. The van der Waals surface area contributed by atoms with Gasteiger partial charge >= 0.3 is 0 Å². The Morgan fingerprint density at radius 2 is 1.54 bits per heavy atom. The fourth-order valence-electron chi connectivity index (χ4n) is 3.40. The molecule has 124 valence electrons. The summed E-state index contributed by atoms with van der Waals surface area (Å²) in [6.45, 7) is 3.90. The summed E-state index contributed by atoms with van der Waals surface area (Å²) in [7, 11) is 0. The second kappa shape index (κ2) is 6.48. The third-order valence-electron chi connectivity index (χ3n) is 4.91. The van der Waals surface area contributed by atoms with E-state index in [0.717, 1.165) is 28.7 Å². The van der Waals surface area contributed by atoms with Crippen LogP contribution in [-0.4, -0.2) is 17.9 Å². The lowest BCUT2D eigenvalue weighted by Gasteiger charge is -2.23. The molecule has 3 rings (SSSR count). The molecule has 4 heteroatoms. The Hall–Kier alpha value is -2.62. The lowest BCUT2D eigenvalue weighted by molar-refractivity contribution is -0.128. The molecule has 2 atom stereocenters. The molecule has 1 aliphatic carbocycles. The quantitative estimate of drug-likeness (QED) is 0.888. The molecule has 2 aromatic carbocycles. The molecule has 0 bridgehead atoms. The van der Waals surface area contributed by atoms with Crippen molar-refractivity contribution in [3.8, 4) is 11.1 Å². The van der Waals surface area contributed by atoms with E-state index < -0.39 is 17.9 Å². The molecule has 0 heterocycles. The summed E-state index contributed by atoms with van der Waals surface area (Å²) in [5.41, 5.74) is 9.60. The van der Waals surface area contributed by atoms with Gasteiger partial charge in [-0.1, -0.05) is 68.8 Å². The molecule has 1 aliphatic rings. The van der Waals surface area contributed by atoms with Crippen molar-refractivity contribution in [3.05, 3.63) is 59.7 Å². The number of hydrogen-bond donors (Lipinski definition) is 2. The van der Waals surface area contributed by atoms with Gasteiger partial charge in [-0.05, 0) is 28.2 Å². The highest BCUT2D eigenvalue weighted by Crippen LogP contribution is 2.44. The first kappa shape index (κ1) is 16.2. The van der Waals surface area contributed by atoms with Gasteiger partial charge in [-0.25, -0.2) is 0 Å². The van der Waals surface area contributed by atoms with Gasteiger partial charge in [0, 0.05) is 0 Å². The SMILES string of the molecule is CC[C@H](C)[C@H](NC(=O)C1c2ccccc2-c2ccccc21)C(N)=O. The Morgan fingerprint density at radius 1 is 1.04 bits per heavy atom. The molecular formula is C20H22N2O2. The van der Waals surface area contributed by atoms with Gasteiger partial charge in [-0.3, -0.25) is 9.59 Å². The second-order valence-corrected chi connectivity index (χ2v) is 6.38. The molecule has 3 N–H and O–H groups in total. The van der Waals surface area contributed by atoms with E-state index in [9.17, 15) is 9.59 Å². The number of amides is 2. The molecule has 0 saturated heterocycles. The lowest BCUT2D eigenvalue weighted by Crippen LogP contribution is -2.49. The van der Waals surface area contributed by atoms with Gasteiger partial charge in [-0.2, -0.15) is 0 Å². The molecule has 0 radical (unpaired) electrons. The highest BCUT2D eigenvalue weighted by molar-refractivity contribution is 5.98. The van der Waals surface area contributed by atoms with Crippen LogP contribution in [0.1, 0.15) is 37.3 Å². The summed E-state index contributed by atoms with van der Waals surface area (Å²) >= 11 is 0. The molecule has 0 spiro atoms. The first-order valence-corrected chi connectivity index (χ1v) is 8.32. The average molecular weight is 322 g/mol. The first-order valence-electron chi connectivity index (χ1n) is 8.32. The average Bonchev–Trinajstić information content (AvgIpc) is 2.93. The summed E-state index contributed by atoms with van der Waals surface area (Å²) in [4.78, 5) is 24.7. The van der Waals surface area contributed by atoms with E-state index in [-0.39, 0.29) is 11.8 Å². The zero-order chi connectivity index (χ0) is 17.3. The van der Waals surface area contributed by atoms with Crippen molar-refractivity contribution in [3.63, 3.8) is 0 Å². The Kier molecular flexibility index (Phi) is 4.38. The predicted octanol–water partition coefficient (Wildman–Crippen LogP) is 2.82. The van der Waals surface area contributed by atoms with Crippen LogP contribution < -0.4 is 11.1 Å². The maximum absolute atomic E-state index is 13.0. The van der Waals surface area contributed by atoms with E-state index >= 15 is 0 Å². The number of fused-ring (bicyclic) bond motifs is 3. The fourth-order valence-corrected chi connectivity index (χ4v) is 3.40. The number of hydrogen-bond acceptors (Lipinski definition) is 2. The molecule has 2 amide bonds. The standard InChI is InChI=1S/C20H22N2O2/c1-3-12(2)18(19(21)23)22-20(24)17-15-10-6-4-8-13(15)14-9-5-7-11-16(14)17/h4-12,17-18H,3H2,1-2H3,(H2,21,23)(H,22,24)/t12-,18-/m0/s1. The van der Waals surface area contributed by atoms with Crippen molar-refractivity contribution in [2.24, 2.45) is 11.7 Å². The summed E-state index contributed by atoms with van der Waals surface area (Å²) in [5, 5.41) is 2.88. The Labute approximate surface area is 142 Å². The number of benzene rings is 2. The Morgan fingerprint density at radius 3 is 2.00 bits per heavy atom. The minimum absolute atomic E-state index is 0.00154. The van der Waals surface area contributed by atoms with Gasteiger partial charge in [0.2, 0.25) is 11.8 Å². The van der Waals surface area contributed by atoms with Crippen LogP contribution in [0.15, 0.2) is 48.5 Å². The van der Waals surface area contributed by atoms with E-state index in [4.69, 9.17) is 5.73 Å². The van der Waals surface area contributed by atoms with E-state index in [1.807, 2.05) is 62.4 Å². The van der Waals surface area contributed by atoms with Gasteiger partial charge in [-0.15, -0.1) is 0 Å². The van der Waals surface area contributed by atoms with Crippen molar-refractivity contribution < 1.29 is 9.59 Å². The van der Waals surface area contributed by atoms with E-state index in [0.29, 0.717) is 0 Å². The molecule has 0 fully saturated rings. The van der Waals surface area contributed by atoms with Gasteiger partial charge in [0.1, 0.15) is 6.04 Å². The van der Waals surface area contributed by atoms with E-state index in [1.54, 1.807) is 0 Å². The van der Waals surface area contributed by atoms with Crippen LogP contribution >= 0.6 is 0 Å². The number of nitrogens with two attached hydrogens (primary N) is 1. The minimum Gasteiger partial charge on any atom is -0.368 e. The van der Waals surface area contributed by atoms with Gasteiger partial charge in [0.15, 0.2) is 0 Å². The second-order valence-electron chi connectivity index (χ2n) is 6.38. The molecule has 0 unspecified atom stereocenters. The van der Waals surface area contributed by atoms with Crippen molar-refractivity contribution in [1.29, 1.82) is 0 Å². The Bertz CT molecular complexity index is 739. The highest BCUT2D eigenvalue weighted by atomic mass is 16.2. The van der Waals surface area contributed by atoms with Gasteiger partial charge in [0.25, 0.3) is 0 Å². The van der Waals surface area contributed by atoms with Gasteiger partial charge in [0.05, 0.1) is 5.92 Å².